The number of nitrogens with one attached hydrogen (secondary N) is 1. The Kier molecular flexibility index (Phi) is 5.96. The fraction of sp³-hybridized carbons (Fsp3) is 0.182. The first kappa shape index (κ1) is 20.3. The van der Waals surface area contributed by atoms with E-state index in [0.29, 0.717) is 16.2 Å². The van der Waals surface area contributed by atoms with E-state index in [-0.39, 0.29) is 11.7 Å². The lowest BCUT2D eigenvalue weighted by Crippen LogP contribution is -2.13. The summed E-state index contributed by atoms with van der Waals surface area (Å²) in [5.74, 6) is 0.444. The van der Waals surface area contributed by atoms with Crippen molar-refractivity contribution in [3.8, 4) is 22.7 Å². The van der Waals surface area contributed by atoms with Crippen LogP contribution in [-0.4, -0.2) is 26.8 Å². The van der Waals surface area contributed by atoms with Crippen LogP contribution in [0.2, 0.25) is 0 Å². The third-order valence-electron chi connectivity index (χ3n) is 4.66. The normalized spacial score (nSPS) is 10.9. The molecule has 0 aliphatic carbocycles. The fourth-order valence-electron chi connectivity index (χ4n) is 2.84. The summed E-state index contributed by atoms with van der Waals surface area (Å²) in [4.78, 5) is 16.8. The third-order valence-corrected chi connectivity index (χ3v) is 6.24. The Morgan fingerprint density at radius 2 is 1.90 bits per heavy atom. The van der Waals surface area contributed by atoms with Crippen LogP contribution in [0.15, 0.2) is 57.5 Å². The van der Waals surface area contributed by atoms with Gasteiger partial charge >= 0.3 is 0 Å². The number of thiazole rings is 1. The summed E-state index contributed by atoms with van der Waals surface area (Å²) in [6.07, 6.45) is 0. The van der Waals surface area contributed by atoms with Crippen molar-refractivity contribution in [3.63, 3.8) is 0 Å². The molecule has 2 aromatic carbocycles. The van der Waals surface area contributed by atoms with Gasteiger partial charge in [0.1, 0.15) is 0 Å². The van der Waals surface area contributed by atoms with E-state index in [4.69, 9.17) is 4.42 Å². The molecule has 1 N–H and O–H groups in total. The minimum atomic E-state index is -0.170. The Hall–Kier alpha value is -2.97. The van der Waals surface area contributed by atoms with Crippen LogP contribution in [0, 0.1) is 20.8 Å². The second kappa shape index (κ2) is 8.81. The van der Waals surface area contributed by atoms with Crippen molar-refractivity contribution >= 4 is 34.1 Å². The van der Waals surface area contributed by atoms with Gasteiger partial charge in [0.05, 0.1) is 11.4 Å². The van der Waals surface area contributed by atoms with Crippen molar-refractivity contribution in [1.29, 1.82) is 0 Å². The largest absolute Gasteiger partial charge is 0.411 e. The molecule has 0 aliphatic heterocycles. The van der Waals surface area contributed by atoms with E-state index in [1.54, 1.807) is 0 Å². The van der Waals surface area contributed by atoms with Crippen LogP contribution in [0.3, 0.4) is 0 Å². The molecule has 4 rings (SSSR count). The smallest absolute Gasteiger partial charge is 0.277 e. The number of hydrogen-bond acceptors (Lipinski definition) is 7. The zero-order valence-electron chi connectivity index (χ0n) is 16.8. The third kappa shape index (κ3) is 4.60. The van der Waals surface area contributed by atoms with Crippen LogP contribution < -0.4 is 5.32 Å². The predicted molar refractivity (Wildman–Crippen MR) is 121 cm³/mol. The van der Waals surface area contributed by atoms with Gasteiger partial charge in [-0.15, -0.1) is 21.5 Å². The summed E-state index contributed by atoms with van der Waals surface area (Å²) in [5, 5.41) is 13.8. The lowest BCUT2D eigenvalue weighted by molar-refractivity contribution is -0.113. The maximum absolute atomic E-state index is 12.3. The van der Waals surface area contributed by atoms with E-state index in [1.165, 1.54) is 34.2 Å². The van der Waals surface area contributed by atoms with Crippen LogP contribution in [0.5, 0.6) is 0 Å². The highest BCUT2D eigenvalue weighted by Crippen LogP contribution is 2.28. The van der Waals surface area contributed by atoms with Crippen molar-refractivity contribution in [2.45, 2.75) is 26.0 Å². The van der Waals surface area contributed by atoms with Crippen LogP contribution in [-0.2, 0) is 4.79 Å². The minimum Gasteiger partial charge on any atom is -0.411 e. The SMILES string of the molecule is Cc1ccc(-c2csc(NC(=O)CSc3nnc(-c4ccccc4C)o3)n2)cc1C. The summed E-state index contributed by atoms with van der Waals surface area (Å²) in [7, 11) is 0. The van der Waals surface area contributed by atoms with Gasteiger partial charge in [0.15, 0.2) is 5.13 Å². The van der Waals surface area contributed by atoms with Gasteiger partial charge in [-0.3, -0.25) is 4.79 Å². The summed E-state index contributed by atoms with van der Waals surface area (Å²) in [6.45, 7) is 6.14. The van der Waals surface area contributed by atoms with Gasteiger partial charge in [0, 0.05) is 16.5 Å². The number of anilines is 1. The number of nitrogens with zero attached hydrogens (tertiary/aromatic N) is 3. The Morgan fingerprint density at radius 3 is 2.70 bits per heavy atom. The van der Waals surface area contributed by atoms with Gasteiger partial charge in [-0.1, -0.05) is 42.1 Å². The molecule has 30 heavy (non-hydrogen) atoms. The molecule has 2 aromatic heterocycles. The maximum atomic E-state index is 12.3. The molecule has 0 fully saturated rings. The van der Waals surface area contributed by atoms with Gasteiger partial charge in [0.2, 0.25) is 11.8 Å². The average Bonchev–Trinajstić information content (AvgIpc) is 3.39. The van der Waals surface area contributed by atoms with E-state index in [0.717, 1.165) is 22.4 Å². The van der Waals surface area contributed by atoms with Gasteiger partial charge in [0.25, 0.3) is 5.22 Å². The van der Waals surface area contributed by atoms with E-state index >= 15 is 0 Å². The number of amides is 1. The van der Waals surface area contributed by atoms with Crippen molar-refractivity contribution in [1.82, 2.24) is 15.2 Å². The number of hydrogen-bond donors (Lipinski definition) is 1. The van der Waals surface area contributed by atoms with Crippen LogP contribution >= 0.6 is 23.1 Å². The predicted octanol–water partition coefficient (Wildman–Crippen LogP) is 5.52. The van der Waals surface area contributed by atoms with Gasteiger partial charge in [-0.25, -0.2) is 4.98 Å². The topological polar surface area (TPSA) is 80.9 Å². The number of carbonyl (C=O) groups excluding carboxylic acids is 1. The molecule has 8 heteroatoms. The summed E-state index contributed by atoms with van der Waals surface area (Å²) in [6, 6.07) is 14.0. The molecule has 0 bridgehead atoms. The number of rotatable bonds is 6. The van der Waals surface area contributed by atoms with Gasteiger partial charge < -0.3 is 9.73 Å². The summed E-state index contributed by atoms with van der Waals surface area (Å²) < 4.78 is 5.68. The van der Waals surface area contributed by atoms with E-state index in [9.17, 15) is 4.79 Å². The van der Waals surface area contributed by atoms with E-state index < -0.39 is 0 Å². The maximum Gasteiger partial charge on any atom is 0.277 e. The van der Waals surface area contributed by atoms with Crippen LogP contribution in [0.25, 0.3) is 22.7 Å². The molecule has 4 aromatic rings. The van der Waals surface area contributed by atoms with Crippen LogP contribution in [0.4, 0.5) is 5.13 Å². The molecule has 2 heterocycles. The first-order valence-electron chi connectivity index (χ1n) is 9.35. The summed E-state index contributed by atoms with van der Waals surface area (Å²) >= 11 is 2.60. The lowest BCUT2D eigenvalue weighted by atomic mass is 10.1. The Morgan fingerprint density at radius 1 is 1.07 bits per heavy atom. The molecule has 0 atom stereocenters. The number of benzene rings is 2. The number of aromatic nitrogens is 3. The van der Waals surface area contributed by atoms with Gasteiger partial charge in [-0.05, 0) is 49.6 Å². The number of thioether (sulfide) groups is 1. The fourth-order valence-corrected chi connectivity index (χ4v) is 4.14. The van der Waals surface area contributed by atoms with Crippen molar-refractivity contribution < 1.29 is 9.21 Å². The van der Waals surface area contributed by atoms with Crippen molar-refractivity contribution in [2.75, 3.05) is 11.1 Å². The number of aryl methyl sites for hydroxylation is 3. The van der Waals surface area contributed by atoms with E-state index in [2.05, 4.69) is 46.5 Å². The molecule has 0 unspecified atom stereocenters. The standard InChI is InChI=1S/C22H20N4O2S2/c1-13-8-9-16(10-15(13)3)18-11-29-21(23-18)24-19(27)12-30-22-26-25-20(28-22)17-7-5-4-6-14(17)2/h4-11H,12H2,1-3H3,(H,23,24,27). The second-order valence-corrected chi connectivity index (χ2v) is 8.65. The number of carbonyl (C=O) groups is 1. The molecular formula is C22H20N4O2S2. The molecule has 0 saturated carbocycles. The minimum absolute atomic E-state index is 0.161. The Balaban J connectivity index is 1.35. The Bertz CT molecular complexity index is 1200. The molecule has 1 amide bonds. The summed E-state index contributed by atoms with van der Waals surface area (Å²) in [5.41, 5.74) is 6.30. The molecule has 0 spiro atoms. The second-order valence-electron chi connectivity index (χ2n) is 6.86. The highest BCUT2D eigenvalue weighted by atomic mass is 32.2. The van der Waals surface area contributed by atoms with E-state index in [1.807, 2.05) is 42.6 Å². The molecule has 0 aliphatic rings. The molecule has 6 nitrogen and oxygen atoms in total. The zero-order valence-corrected chi connectivity index (χ0v) is 18.4. The highest BCUT2D eigenvalue weighted by molar-refractivity contribution is 7.99. The molecule has 0 radical (unpaired) electrons. The highest BCUT2D eigenvalue weighted by Gasteiger charge is 2.14. The Labute approximate surface area is 182 Å². The average molecular weight is 437 g/mol. The first-order chi connectivity index (χ1) is 14.5. The first-order valence-corrected chi connectivity index (χ1v) is 11.2. The van der Waals surface area contributed by atoms with Crippen molar-refractivity contribution in [2.24, 2.45) is 0 Å². The molecule has 152 valence electrons. The lowest BCUT2D eigenvalue weighted by Gasteiger charge is -2.02. The zero-order chi connectivity index (χ0) is 21.1. The van der Waals surface area contributed by atoms with Gasteiger partial charge in [-0.2, -0.15) is 0 Å². The molecular weight excluding hydrogens is 416 g/mol. The van der Waals surface area contributed by atoms with Crippen molar-refractivity contribution in [3.05, 3.63) is 64.5 Å². The molecule has 0 saturated heterocycles. The van der Waals surface area contributed by atoms with Crippen LogP contribution in [0.1, 0.15) is 16.7 Å². The monoisotopic (exact) mass is 436 g/mol. The quantitative estimate of drug-likeness (QED) is 0.401.